The summed E-state index contributed by atoms with van der Waals surface area (Å²) in [7, 11) is 0. The summed E-state index contributed by atoms with van der Waals surface area (Å²) in [5, 5.41) is 27.5. The Balaban J connectivity index is 2.25. The van der Waals surface area contributed by atoms with Crippen molar-refractivity contribution in [1.29, 1.82) is 0 Å². The molecule has 2 rings (SSSR count). The van der Waals surface area contributed by atoms with Crippen LogP contribution in [0.5, 0.6) is 0 Å². The Morgan fingerprint density at radius 2 is 2.10 bits per heavy atom. The predicted molar refractivity (Wildman–Crippen MR) is 71.6 cm³/mol. The number of carboxylic acids is 1. The van der Waals surface area contributed by atoms with Crippen LogP contribution in [0.25, 0.3) is 0 Å². The van der Waals surface area contributed by atoms with Crippen LogP contribution in [0.2, 0.25) is 5.02 Å². The largest absolute Gasteiger partial charge is 0.477 e. The molecule has 0 atom stereocenters. The Bertz CT molecular complexity index is 742. The molecule has 0 aliphatic rings. The molecular weight excluding hydrogens is 304 g/mol. The molecular formula is C11H7ClN4O5. The third-order valence-electron chi connectivity index (χ3n) is 2.46. The summed E-state index contributed by atoms with van der Waals surface area (Å²) in [4.78, 5) is 32.6. The van der Waals surface area contributed by atoms with Crippen LogP contribution in [0, 0.1) is 10.1 Å². The van der Waals surface area contributed by atoms with Gasteiger partial charge in [-0.05, 0) is 6.07 Å². The molecule has 10 heteroatoms. The number of nitrogens with zero attached hydrogens (tertiary/aromatic N) is 2. The molecule has 0 saturated carbocycles. The van der Waals surface area contributed by atoms with Gasteiger partial charge >= 0.3 is 5.97 Å². The fourth-order valence-electron chi connectivity index (χ4n) is 1.48. The maximum Gasteiger partial charge on any atom is 0.353 e. The molecule has 0 bridgehead atoms. The Labute approximate surface area is 121 Å². The van der Waals surface area contributed by atoms with Crippen LogP contribution in [0.15, 0.2) is 24.3 Å². The smallest absolute Gasteiger partial charge is 0.353 e. The highest BCUT2D eigenvalue weighted by molar-refractivity contribution is 6.34. The monoisotopic (exact) mass is 310 g/mol. The molecule has 0 saturated heterocycles. The van der Waals surface area contributed by atoms with E-state index in [2.05, 4.69) is 15.5 Å². The fourth-order valence-corrected chi connectivity index (χ4v) is 1.68. The number of benzene rings is 1. The van der Waals surface area contributed by atoms with Gasteiger partial charge < -0.3 is 10.4 Å². The average Bonchev–Trinajstić information content (AvgIpc) is 2.87. The van der Waals surface area contributed by atoms with E-state index in [0.717, 1.165) is 18.2 Å². The van der Waals surface area contributed by atoms with Crippen molar-refractivity contribution in [3.63, 3.8) is 0 Å². The summed E-state index contributed by atoms with van der Waals surface area (Å²) in [5.74, 6) is -2.02. The van der Waals surface area contributed by atoms with E-state index in [4.69, 9.17) is 16.7 Å². The van der Waals surface area contributed by atoms with Crippen molar-refractivity contribution < 1.29 is 19.6 Å². The molecule has 21 heavy (non-hydrogen) atoms. The van der Waals surface area contributed by atoms with E-state index < -0.39 is 16.8 Å². The molecule has 3 N–H and O–H groups in total. The van der Waals surface area contributed by atoms with E-state index in [1.807, 2.05) is 0 Å². The van der Waals surface area contributed by atoms with Gasteiger partial charge in [-0.2, -0.15) is 5.10 Å². The van der Waals surface area contributed by atoms with Gasteiger partial charge in [-0.1, -0.05) is 11.6 Å². The number of nitro groups is 1. The van der Waals surface area contributed by atoms with Crippen LogP contribution in [-0.4, -0.2) is 32.1 Å². The molecule has 0 spiro atoms. The number of hydrogen-bond acceptors (Lipinski definition) is 5. The van der Waals surface area contributed by atoms with Crippen LogP contribution >= 0.6 is 11.6 Å². The molecule has 0 fully saturated rings. The summed E-state index contributed by atoms with van der Waals surface area (Å²) in [6.07, 6.45) is 0. The second-order valence-electron chi connectivity index (χ2n) is 3.85. The van der Waals surface area contributed by atoms with E-state index in [-0.39, 0.29) is 27.8 Å². The summed E-state index contributed by atoms with van der Waals surface area (Å²) < 4.78 is 0. The second kappa shape index (κ2) is 5.59. The van der Waals surface area contributed by atoms with Crippen LogP contribution in [0.3, 0.4) is 0 Å². The zero-order chi connectivity index (χ0) is 15.6. The van der Waals surface area contributed by atoms with Crippen molar-refractivity contribution in [2.45, 2.75) is 0 Å². The number of carboxylic acid groups (broad SMARTS) is 1. The number of anilines is 1. The maximum absolute atomic E-state index is 12.0. The number of nitro benzene ring substituents is 1. The van der Waals surface area contributed by atoms with Gasteiger partial charge in [0.2, 0.25) is 0 Å². The first kappa shape index (κ1) is 14.5. The summed E-state index contributed by atoms with van der Waals surface area (Å²) in [5.41, 5.74) is -0.626. The lowest BCUT2D eigenvalue weighted by Gasteiger charge is -2.03. The number of nitrogens with one attached hydrogen (secondary N) is 2. The van der Waals surface area contributed by atoms with Crippen LogP contribution in [-0.2, 0) is 0 Å². The minimum absolute atomic E-state index is 0.0205. The zero-order valence-corrected chi connectivity index (χ0v) is 10.9. The second-order valence-corrected chi connectivity index (χ2v) is 4.25. The summed E-state index contributed by atoms with van der Waals surface area (Å²) in [6.45, 7) is 0. The van der Waals surface area contributed by atoms with Gasteiger partial charge in [-0.3, -0.25) is 20.0 Å². The van der Waals surface area contributed by atoms with Crippen molar-refractivity contribution in [3.8, 4) is 0 Å². The minimum Gasteiger partial charge on any atom is -0.477 e. The number of rotatable bonds is 4. The molecule has 9 nitrogen and oxygen atoms in total. The molecule has 0 radical (unpaired) electrons. The number of non-ortho nitro benzene ring substituents is 1. The molecule has 108 valence electrons. The van der Waals surface area contributed by atoms with Gasteiger partial charge in [0.05, 0.1) is 15.5 Å². The Morgan fingerprint density at radius 1 is 1.38 bits per heavy atom. The molecule has 0 aliphatic carbocycles. The van der Waals surface area contributed by atoms with E-state index in [0.29, 0.717) is 0 Å². The van der Waals surface area contributed by atoms with Gasteiger partial charge in [-0.15, -0.1) is 0 Å². The molecule has 1 aromatic carbocycles. The first-order chi connectivity index (χ1) is 9.88. The lowest BCUT2D eigenvalue weighted by Crippen LogP contribution is -2.13. The maximum atomic E-state index is 12.0. The van der Waals surface area contributed by atoms with Crippen LogP contribution < -0.4 is 5.32 Å². The SMILES string of the molecule is O=C(O)c1cc(NC(=O)c2cc([N+](=O)[O-])ccc2Cl)n[nH]1. The third-order valence-corrected chi connectivity index (χ3v) is 2.78. The quantitative estimate of drug-likeness (QED) is 0.582. The van der Waals surface area contributed by atoms with E-state index in [9.17, 15) is 19.7 Å². The number of halogens is 1. The molecule has 0 unspecified atom stereocenters. The zero-order valence-electron chi connectivity index (χ0n) is 10.2. The van der Waals surface area contributed by atoms with Gasteiger partial charge in [0, 0.05) is 18.2 Å². The molecule has 2 aromatic rings. The van der Waals surface area contributed by atoms with E-state index in [1.165, 1.54) is 6.07 Å². The number of aromatic nitrogens is 2. The summed E-state index contributed by atoms with van der Waals surface area (Å²) >= 11 is 5.81. The van der Waals surface area contributed by atoms with Crippen molar-refractivity contribution >= 4 is 35.0 Å². The number of hydrogen-bond donors (Lipinski definition) is 3. The third kappa shape index (κ3) is 3.15. The normalized spacial score (nSPS) is 10.1. The van der Waals surface area contributed by atoms with E-state index in [1.54, 1.807) is 0 Å². The topological polar surface area (TPSA) is 138 Å². The molecule has 1 amide bonds. The molecule has 0 aliphatic heterocycles. The highest BCUT2D eigenvalue weighted by Crippen LogP contribution is 2.23. The number of carbonyl (C=O) groups is 2. The van der Waals surface area contributed by atoms with Crippen molar-refractivity contribution in [1.82, 2.24) is 10.2 Å². The Hall–Kier alpha value is -2.94. The van der Waals surface area contributed by atoms with Gasteiger partial charge in [0.25, 0.3) is 11.6 Å². The van der Waals surface area contributed by atoms with Crippen molar-refractivity contribution in [2.75, 3.05) is 5.32 Å². The molecule has 1 heterocycles. The van der Waals surface area contributed by atoms with Gasteiger partial charge in [-0.25, -0.2) is 4.79 Å². The van der Waals surface area contributed by atoms with Crippen molar-refractivity contribution in [2.24, 2.45) is 0 Å². The Morgan fingerprint density at radius 3 is 2.67 bits per heavy atom. The Kier molecular flexibility index (Phi) is 3.85. The number of H-pyrrole nitrogens is 1. The standard InChI is InChI=1S/C11H7ClN4O5/c12-7-2-1-5(16(20)21)3-6(7)10(17)13-9-4-8(11(18)19)14-15-9/h1-4H,(H,18,19)(H2,13,14,15,17). The van der Waals surface area contributed by atoms with Gasteiger partial charge in [0.1, 0.15) is 5.69 Å². The number of aromatic carboxylic acids is 1. The summed E-state index contributed by atoms with van der Waals surface area (Å²) in [6, 6.07) is 4.51. The van der Waals surface area contributed by atoms with Crippen LogP contribution in [0.1, 0.15) is 20.8 Å². The van der Waals surface area contributed by atoms with Crippen molar-refractivity contribution in [3.05, 3.63) is 50.7 Å². The van der Waals surface area contributed by atoms with Crippen LogP contribution in [0.4, 0.5) is 11.5 Å². The lowest BCUT2D eigenvalue weighted by atomic mass is 10.2. The highest BCUT2D eigenvalue weighted by atomic mass is 35.5. The first-order valence-electron chi connectivity index (χ1n) is 5.42. The number of aromatic amines is 1. The van der Waals surface area contributed by atoms with E-state index >= 15 is 0 Å². The minimum atomic E-state index is -1.24. The number of amides is 1. The predicted octanol–water partition coefficient (Wildman–Crippen LogP) is 1.92. The first-order valence-corrected chi connectivity index (χ1v) is 5.80. The average molecular weight is 311 g/mol. The van der Waals surface area contributed by atoms with Gasteiger partial charge in [0.15, 0.2) is 5.82 Å². The lowest BCUT2D eigenvalue weighted by molar-refractivity contribution is -0.384. The molecule has 1 aromatic heterocycles. The highest BCUT2D eigenvalue weighted by Gasteiger charge is 2.17. The fraction of sp³-hybridized carbons (Fsp3) is 0. The number of carbonyl (C=O) groups excluding carboxylic acids is 1.